The fraction of sp³-hybridized carbons (Fsp3) is 0.200. The molecule has 5 heteroatoms. The molecule has 100 valence electrons. The van der Waals surface area contributed by atoms with Crippen LogP contribution in [-0.2, 0) is 9.53 Å². The van der Waals surface area contributed by atoms with Crippen LogP contribution in [0.5, 0.6) is 0 Å². The minimum Gasteiger partial charge on any atom is -0.427 e. The molecular formula is C15H12N2O3. The van der Waals surface area contributed by atoms with E-state index in [4.69, 9.17) is 4.74 Å². The number of ether oxygens (including phenoxy) is 1. The zero-order valence-corrected chi connectivity index (χ0v) is 10.7. The first-order chi connectivity index (χ1) is 9.72. The topological polar surface area (TPSA) is 69.2 Å². The van der Waals surface area contributed by atoms with Crippen LogP contribution in [-0.4, -0.2) is 21.7 Å². The SMILES string of the molecule is O=C1C=C(OC(=O)c2ccc3nccnc3c2)CCC1. The standard InChI is InChI=1S/C15H12N2O3/c18-11-2-1-3-12(9-11)20-15(19)10-4-5-13-14(8-10)17-7-6-16-13/h4-9H,1-3H2. The van der Waals surface area contributed by atoms with E-state index in [-0.39, 0.29) is 5.78 Å². The highest BCUT2D eigenvalue weighted by Crippen LogP contribution is 2.19. The summed E-state index contributed by atoms with van der Waals surface area (Å²) in [5.41, 5.74) is 1.75. The van der Waals surface area contributed by atoms with Crippen LogP contribution in [0.25, 0.3) is 11.0 Å². The Kier molecular flexibility index (Phi) is 3.25. The molecule has 2 aromatic rings. The summed E-state index contributed by atoms with van der Waals surface area (Å²) in [5, 5.41) is 0. The molecule has 5 nitrogen and oxygen atoms in total. The Labute approximate surface area is 115 Å². The lowest BCUT2D eigenvalue weighted by atomic mass is 10.1. The first-order valence-corrected chi connectivity index (χ1v) is 6.39. The molecule has 0 amide bonds. The number of fused-ring (bicyclic) bond motifs is 1. The number of carbonyl (C=O) groups is 2. The number of aromatic nitrogens is 2. The average molecular weight is 268 g/mol. The Morgan fingerprint density at radius 2 is 1.90 bits per heavy atom. The molecule has 0 atom stereocenters. The van der Waals surface area contributed by atoms with E-state index >= 15 is 0 Å². The van der Waals surface area contributed by atoms with E-state index in [2.05, 4.69) is 9.97 Å². The number of ketones is 1. The molecule has 0 saturated heterocycles. The van der Waals surface area contributed by atoms with Gasteiger partial charge in [-0.2, -0.15) is 0 Å². The number of esters is 1. The molecular weight excluding hydrogens is 256 g/mol. The quantitative estimate of drug-likeness (QED) is 0.782. The minimum absolute atomic E-state index is 0.00317. The van der Waals surface area contributed by atoms with E-state index < -0.39 is 5.97 Å². The largest absolute Gasteiger partial charge is 0.427 e. The van der Waals surface area contributed by atoms with E-state index in [0.717, 1.165) is 11.9 Å². The monoisotopic (exact) mass is 268 g/mol. The first kappa shape index (κ1) is 12.5. The molecule has 0 spiro atoms. The summed E-state index contributed by atoms with van der Waals surface area (Å²) in [6.45, 7) is 0. The smallest absolute Gasteiger partial charge is 0.343 e. The maximum atomic E-state index is 12.0. The van der Waals surface area contributed by atoms with E-state index in [1.807, 2.05) is 0 Å². The fourth-order valence-corrected chi connectivity index (χ4v) is 2.11. The third-order valence-electron chi connectivity index (χ3n) is 3.10. The van der Waals surface area contributed by atoms with Crippen LogP contribution < -0.4 is 0 Å². The van der Waals surface area contributed by atoms with Gasteiger partial charge in [-0.05, 0) is 24.6 Å². The van der Waals surface area contributed by atoms with Crippen molar-refractivity contribution in [2.75, 3.05) is 0 Å². The molecule has 1 aromatic carbocycles. The zero-order chi connectivity index (χ0) is 13.9. The molecule has 0 radical (unpaired) electrons. The summed E-state index contributed by atoms with van der Waals surface area (Å²) in [6, 6.07) is 5.00. The summed E-state index contributed by atoms with van der Waals surface area (Å²) in [7, 11) is 0. The van der Waals surface area contributed by atoms with Gasteiger partial charge in [-0.15, -0.1) is 0 Å². The van der Waals surface area contributed by atoms with Crippen LogP contribution in [0.4, 0.5) is 0 Å². The van der Waals surface area contributed by atoms with Crippen LogP contribution in [0.15, 0.2) is 42.4 Å². The van der Waals surface area contributed by atoms with Crippen LogP contribution in [0.3, 0.4) is 0 Å². The van der Waals surface area contributed by atoms with Crippen molar-refractivity contribution >= 4 is 22.8 Å². The van der Waals surface area contributed by atoms with Gasteiger partial charge in [-0.25, -0.2) is 4.79 Å². The fourth-order valence-electron chi connectivity index (χ4n) is 2.11. The summed E-state index contributed by atoms with van der Waals surface area (Å²) >= 11 is 0. The Hall–Kier alpha value is -2.56. The molecule has 0 N–H and O–H groups in total. The van der Waals surface area contributed by atoms with Crippen LogP contribution in [0.2, 0.25) is 0 Å². The molecule has 1 aliphatic carbocycles. The molecule has 20 heavy (non-hydrogen) atoms. The van der Waals surface area contributed by atoms with Crippen LogP contribution in [0.1, 0.15) is 29.6 Å². The van der Waals surface area contributed by atoms with Crippen LogP contribution in [0, 0.1) is 0 Å². The van der Waals surface area contributed by atoms with Gasteiger partial charge in [0, 0.05) is 31.3 Å². The van der Waals surface area contributed by atoms with Gasteiger partial charge in [0.05, 0.1) is 16.6 Å². The van der Waals surface area contributed by atoms with Crippen molar-refractivity contribution in [2.45, 2.75) is 19.3 Å². The highest BCUT2D eigenvalue weighted by Gasteiger charge is 2.16. The minimum atomic E-state index is -0.474. The van der Waals surface area contributed by atoms with E-state index in [9.17, 15) is 9.59 Å². The van der Waals surface area contributed by atoms with Gasteiger partial charge < -0.3 is 4.74 Å². The predicted octanol–water partition coefficient (Wildman–Crippen LogP) is 2.42. The molecule has 0 aliphatic heterocycles. The van der Waals surface area contributed by atoms with Gasteiger partial charge in [-0.1, -0.05) is 0 Å². The van der Waals surface area contributed by atoms with Gasteiger partial charge in [0.15, 0.2) is 5.78 Å². The molecule has 1 aliphatic rings. The average Bonchev–Trinajstić information content (AvgIpc) is 2.47. The molecule has 3 rings (SSSR count). The van der Waals surface area contributed by atoms with Crippen molar-refractivity contribution in [3.63, 3.8) is 0 Å². The van der Waals surface area contributed by atoms with Crippen molar-refractivity contribution < 1.29 is 14.3 Å². The highest BCUT2D eigenvalue weighted by atomic mass is 16.5. The number of nitrogens with zero attached hydrogens (tertiary/aromatic N) is 2. The van der Waals surface area contributed by atoms with Crippen LogP contribution >= 0.6 is 0 Å². The molecule has 0 unspecified atom stereocenters. The van der Waals surface area contributed by atoms with Gasteiger partial charge in [-0.3, -0.25) is 14.8 Å². The Morgan fingerprint density at radius 3 is 2.70 bits per heavy atom. The summed E-state index contributed by atoms with van der Waals surface area (Å²) in [6.07, 6.45) is 6.43. The number of carbonyl (C=O) groups excluding carboxylic acids is 2. The van der Waals surface area contributed by atoms with E-state index in [0.29, 0.717) is 29.7 Å². The van der Waals surface area contributed by atoms with Crippen molar-refractivity contribution in [2.24, 2.45) is 0 Å². The number of allylic oxidation sites excluding steroid dienone is 2. The van der Waals surface area contributed by atoms with Crippen molar-refractivity contribution in [1.82, 2.24) is 9.97 Å². The highest BCUT2D eigenvalue weighted by molar-refractivity contribution is 5.95. The third-order valence-corrected chi connectivity index (χ3v) is 3.10. The van der Waals surface area contributed by atoms with Crippen molar-refractivity contribution in [3.05, 3.63) is 48.0 Å². The predicted molar refractivity (Wildman–Crippen MR) is 71.9 cm³/mol. The summed E-state index contributed by atoms with van der Waals surface area (Å²) < 4.78 is 5.25. The maximum Gasteiger partial charge on any atom is 0.343 e. The second-order valence-corrected chi connectivity index (χ2v) is 4.58. The first-order valence-electron chi connectivity index (χ1n) is 6.39. The zero-order valence-electron chi connectivity index (χ0n) is 10.7. The second-order valence-electron chi connectivity index (χ2n) is 4.58. The number of benzene rings is 1. The summed E-state index contributed by atoms with van der Waals surface area (Å²) in [5.74, 6) is -0.0348. The molecule has 0 fully saturated rings. The lowest BCUT2D eigenvalue weighted by Crippen LogP contribution is -2.10. The molecule has 0 bridgehead atoms. The Bertz CT molecular complexity index is 722. The van der Waals surface area contributed by atoms with Crippen molar-refractivity contribution in [1.29, 1.82) is 0 Å². The second kappa shape index (κ2) is 5.21. The maximum absolute atomic E-state index is 12.0. The lowest BCUT2D eigenvalue weighted by molar-refractivity contribution is -0.115. The number of rotatable bonds is 2. The number of hydrogen-bond donors (Lipinski definition) is 0. The van der Waals surface area contributed by atoms with Crippen molar-refractivity contribution in [3.8, 4) is 0 Å². The Balaban J connectivity index is 1.83. The molecule has 0 saturated carbocycles. The van der Waals surface area contributed by atoms with E-state index in [1.54, 1.807) is 30.6 Å². The summed E-state index contributed by atoms with van der Waals surface area (Å²) in [4.78, 5) is 31.6. The Morgan fingerprint density at radius 1 is 1.10 bits per heavy atom. The lowest BCUT2D eigenvalue weighted by Gasteiger charge is -2.12. The van der Waals surface area contributed by atoms with E-state index in [1.165, 1.54) is 6.08 Å². The van der Waals surface area contributed by atoms with Gasteiger partial charge in [0.25, 0.3) is 0 Å². The number of hydrogen-bond acceptors (Lipinski definition) is 5. The molecule has 1 aromatic heterocycles. The third kappa shape index (κ3) is 2.56. The van der Waals surface area contributed by atoms with Gasteiger partial charge in [0.2, 0.25) is 0 Å². The normalized spacial score (nSPS) is 15.0. The molecule has 1 heterocycles. The van der Waals surface area contributed by atoms with Gasteiger partial charge in [0.1, 0.15) is 5.76 Å². The van der Waals surface area contributed by atoms with Gasteiger partial charge >= 0.3 is 5.97 Å².